The van der Waals surface area contributed by atoms with Crippen molar-refractivity contribution in [1.29, 1.82) is 0 Å². The lowest BCUT2D eigenvalue weighted by Crippen LogP contribution is -2.52. The first-order chi connectivity index (χ1) is 25.8. The Morgan fingerprint density at radius 2 is 1.62 bits per heavy atom. The summed E-state index contributed by atoms with van der Waals surface area (Å²) >= 11 is 7.92. The van der Waals surface area contributed by atoms with E-state index in [1.54, 1.807) is 34.9 Å². The molecule has 1 saturated heterocycles. The van der Waals surface area contributed by atoms with Crippen molar-refractivity contribution < 1.29 is 29.0 Å². The van der Waals surface area contributed by atoms with Crippen molar-refractivity contribution in [3.63, 3.8) is 0 Å². The van der Waals surface area contributed by atoms with Gasteiger partial charge in [0.05, 0.1) is 6.54 Å². The third-order valence-electron chi connectivity index (χ3n) is 9.36. The minimum absolute atomic E-state index is 0.0311. The molecule has 6 rings (SSSR count). The fraction of sp³-hybridized carbons (Fsp3) is 0.286. The zero-order valence-electron chi connectivity index (χ0n) is 29.3. The van der Waals surface area contributed by atoms with E-state index >= 15 is 0 Å². The summed E-state index contributed by atoms with van der Waals surface area (Å²) in [5, 5.41) is 15.2. The Kier molecular flexibility index (Phi) is 12.9. The molecular formula is C42H42ClN3O6S. The predicted octanol–water partition coefficient (Wildman–Crippen LogP) is 7.20. The number of thioether (sulfide) groups is 1. The number of hydrogen-bond acceptors (Lipinski definition) is 7. The standard InChI is InChI=1S/C42H42ClN3O6S/c43-23-22-33(28-7-2-1-3-8-28)40(29-12-16-31(47)17-13-29)30-14-18-32(19-15-30)52-25-24-44-38(48)11-4-5-26-53-37-10-6-9-34-35(37)27-46(42(34)51)36-20-21-39(49)45-41(36)50/h1-3,6-10,12-19,36,47H,4-5,11,20-27H2,(H,44,48)(H,45,49,50). The molecule has 4 amide bonds. The van der Waals surface area contributed by atoms with E-state index in [2.05, 4.69) is 22.8 Å². The summed E-state index contributed by atoms with van der Waals surface area (Å²) in [6, 6.07) is 30.2. The maximum Gasteiger partial charge on any atom is 0.255 e. The van der Waals surface area contributed by atoms with Crippen LogP contribution in [0.2, 0.25) is 0 Å². The summed E-state index contributed by atoms with van der Waals surface area (Å²) in [6.45, 7) is 1.06. The summed E-state index contributed by atoms with van der Waals surface area (Å²) in [4.78, 5) is 52.1. The number of fused-ring (bicyclic) bond motifs is 1. The van der Waals surface area contributed by atoms with Crippen LogP contribution in [0.25, 0.3) is 11.1 Å². The van der Waals surface area contributed by atoms with Gasteiger partial charge in [0, 0.05) is 35.7 Å². The maximum absolute atomic E-state index is 13.1. The molecule has 4 aromatic rings. The largest absolute Gasteiger partial charge is 0.508 e. The monoisotopic (exact) mass is 751 g/mol. The highest BCUT2D eigenvalue weighted by Gasteiger charge is 2.39. The van der Waals surface area contributed by atoms with Gasteiger partial charge in [-0.3, -0.25) is 24.5 Å². The molecule has 1 fully saturated rings. The molecular weight excluding hydrogens is 710 g/mol. The Hall–Kier alpha value is -5.06. The van der Waals surface area contributed by atoms with Crippen molar-refractivity contribution in [2.45, 2.75) is 56.0 Å². The molecule has 0 spiro atoms. The van der Waals surface area contributed by atoms with E-state index in [0.717, 1.165) is 56.9 Å². The number of halogens is 1. The van der Waals surface area contributed by atoms with Crippen molar-refractivity contribution in [1.82, 2.24) is 15.5 Å². The summed E-state index contributed by atoms with van der Waals surface area (Å²) in [6.07, 6.45) is 3.18. The highest BCUT2D eigenvalue weighted by molar-refractivity contribution is 7.99. The molecule has 9 nitrogen and oxygen atoms in total. The van der Waals surface area contributed by atoms with E-state index in [-0.39, 0.29) is 29.9 Å². The zero-order chi connectivity index (χ0) is 37.2. The van der Waals surface area contributed by atoms with Crippen LogP contribution in [0.3, 0.4) is 0 Å². The molecule has 11 heteroatoms. The van der Waals surface area contributed by atoms with Crippen LogP contribution in [0.5, 0.6) is 11.5 Å². The number of amides is 4. The van der Waals surface area contributed by atoms with Crippen LogP contribution in [0.1, 0.15) is 71.1 Å². The molecule has 274 valence electrons. The number of phenols is 1. The van der Waals surface area contributed by atoms with Crippen LogP contribution >= 0.6 is 23.4 Å². The minimum atomic E-state index is -0.636. The number of rotatable bonds is 16. The SMILES string of the molecule is O=C(CCCCSc1cccc2c1CN(C1CCC(=O)NC1=O)C2=O)NCCOc1ccc(C(=C(CCCl)c2ccccc2)c2ccc(O)cc2)cc1. The smallest absolute Gasteiger partial charge is 0.255 e. The first-order valence-electron chi connectivity index (χ1n) is 17.9. The summed E-state index contributed by atoms with van der Waals surface area (Å²) in [5.41, 5.74) is 6.72. The van der Waals surface area contributed by atoms with Crippen LogP contribution in [0.15, 0.2) is 102 Å². The summed E-state index contributed by atoms with van der Waals surface area (Å²) < 4.78 is 5.95. The van der Waals surface area contributed by atoms with Crippen LogP contribution in [0.4, 0.5) is 0 Å². The van der Waals surface area contributed by atoms with E-state index in [0.29, 0.717) is 56.2 Å². The number of benzene rings is 4. The summed E-state index contributed by atoms with van der Waals surface area (Å²) in [5.74, 6) is 1.22. The average molecular weight is 752 g/mol. The average Bonchev–Trinajstić information content (AvgIpc) is 3.51. The second-order valence-electron chi connectivity index (χ2n) is 12.9. The van der Waals surface area contributed by atoms with Gasteiger partial charge in [0.1, 0.15) is 24.1 Å². The Labute approximate surface area is 318 Å². The molecule has 3 N–H and O–H groups in total. The number of piperidine rings is 1. The van der Waals surface area contributed by atoms with Gasteiger partial charge in [-0.2, -0.15) is 0 Å². The van der Waals surface area contributed by atoms with E-state index in [9.17, 15) is 24.3 Å². The van der Waals surface area contributed by atoms with Gasteiger partial charge in [-0.1, -0.05) is 60.7 Å². The molecule has 0 aromatic heterocycles. The molecule has 53 heavy (non-hydrogen) atoms. The fourth-order valence-electron chi connectivity index (χ4n) is 6.72. The Balaban J connectivity index is 0.948. The van der Waals surface area contributed by atoms with Gasteiger partial charge < -0.3 is 20.1 Å². The minimum Gasteiger partial charge on any atom is -0.508 e. The Bertz CT molecular complexity index is 1970. The molecule has 2 aliphatic rings. The second kappa shape index (κ2) is 18.1. The van der Waals surface area contributed by atoms with E-state index in [1.807, 2.05) is 66.7 Å². The van der Waals surface area contributed by atoms with Crippen molar-refractivity contribution in [3.05, 3.63) is 125 Å². The molecule has 4 aromatic carbocycles. The van der Waals surface area contributed by atoms with Gasteiger partial charge in [0.25, 0.3) is 5.91 Å². The number of imide groups is 1. The lowest BCUT2D eigenvalue weighted by molar-refractivity contribution is -0.137. The highest BCUT2D eigenvalue weighted by Crippen LogP contribution is 2.37. The first-order valence-corrected chi connectivity index (χ1v) is 19.4. The third kappa shape index (κ3) is 9.49. The number of phenolic OH excluding ortho intramolecular Hbond substituents is 1. The van der Waals surface area contributed by atoms with E-state index < -0.39 is 11.9 Å². The lowest BCUT2D eigenvalue weighted by Gasteiger charge is -2.29. The molecule has 2 aliphatic heterocycles. The number of hydrogen-bond donors (Lipinski definition) is 3. The normalized spacial score (nSPS) is 15.8. The Morgan fingerprint density at radius 1 is 0.887 bits per heavy atom. The number of nitrogens with zero attached hydrogens (tertiary/aromatic N) is 1. The second-order valence-corrected chi connectivity index (χ2v) is 14.4. The number of alkyl halides is 1. The molecule has 0 saturated carbocycles. The molecule has 0 aliphatic carbocycles. The first kappa shape index (κ1) is 37.7. The number of ether oxygens (including phenoxy) is 1. The molecule has 0 bridgehead atoms. The molecule has 2 heterocycles. The summed E-state index contributed by atoms with van der Waals surface area (Å²) in [7, 11) is 0. The number of unbranched alkanes of at least 4 members (excludes halogenated alkanes) is 1. The number of carbonyl (C=O) groups is 4. The fourth-order valence-corrected chi connectivity index (χ4v) is 8.00. The van der Waals surface area contributed by atoms with Gasteiger partial charge >= 0.3 is 0 Å². The number of carbonyl (C=O) groups excluding carboxylic acids is 4. The quantitative estimate of drug-likeness (QED) is 0.0364. The number of aromatic hydroxyl groups is 1. The maximum atomic E-state index is 13.1. The van der Waals surface area contributed by atoms with Gasteiger partial charge in [-0.15, -0.1) is 23.4 Å². The predicted molar refractivity (Wildman–Crippen MR) is 208 cm³/mol. The Morgan fingerprint density at radius 3 is 2.34 bits per heavy atom. The molecule has 1 atom stereocenters. The van der Waals surface area contributed by atoms with Crippen LogP contribution in [0, 0.1) is 0 Å². The lowest BCUT2D eigenvalue weighted by atomic mass is 9.88. The third-order valence-corrected chi connectivity index (χ3v) is 10.7. The van der Waals surface area contributed by atoms with Gasteiger partial charge in [-0.05, 0) is 101 Å². The topological polar surface area (TPSA) is 125 Å². The molecule has 0 radical (unpaired) electrons. The van der Waals surface area contributed by atoms with Gasteiger partial charge in [0.2, 0.25) is 17.7 Å². The zero-order valence-corrected chi connectivity index (χ0v) is 30.9. The highest BCUT2D eigenvalue weighted by atomic mass is 35.5. The van der Waals surface area contributed by atoms with Crippen molar-refractivity contribution in [3.8, 4) is 11.5 Å². The van der Waals surface area contributed by atoms with E-state index in [1.165, 1.54) is 0 Å². The van der Waals surface area contributed by atoms with Gasteiger partial charge in [-0.25, -0.2) is 0 Å². The van der Waals surface area contributed by atoms with Crippen molar-refractivity contribution >= 4 is 58.1 Å². The van der Waals surface area contributed by atoms with Gasteiger partial charge in [0.15, 0.2) is 0 Å². The van der Waals surface area contributed by atoms with E-state index in [4.69, 9.17) is 16.3 Å². The van der Waals surface area contributed by atoms with Crippen LogP contribution in [-0.2, 0) is 20.9 Å². The number of allylic oxidation sites excluding steroid dienone is 1. The van der Waals surface area contributed by atoms with Crippen molar-refractivity contribution in [2.75, 3.05) is 24.8 Å². The molecule has 1 unspecified atom stereocenters. The van der Waals surface area contributed by atoms with Crippen LogP contribution in [-0.4, -0.2) is 64.5 Å². The van der Waals surface area contributed by atoms with Crippen molar-refractivity contribution in [2.24, 2.45) is 0 Å². The number of nitrogens with one attached hydrogen (secondary N) is 2. The van der Waals surface area contributed by atoms with Crippen LogP contribution < -0.4 is 15.4 Å².